The molecule has 0 amide bonds. The molecule has 0 aliphatic carbocycles. The molecule has 2 nitrogen and oxygen atoms in total. The van der Waals surface area contributed by atoms with Crippen LogP contribution in [-0.2, 0) is 0 Å². The van der Waals surface area contributed by atoms with E-state index in [0.717, 1.165) is 6.04 Å². The molecule has 1 heterocycles. The minimum absolute atomic E-state index is 0.687. The van der Waals surface area contributed by atoms with Crippen LogP contribution in [0.4, 0.5) is 0 Å². The van der Waals surface area contributed by atoms with Crippen LogP contribution in [0.3, 0.4) is 0 Å². The number of hydrogen-bond acceptors (Lipinski definition) is 2. The van der Waals surface area contributed by atoms with Crippen molar-refractivity contribution in [2.75, 3.05) is 27.2 Å². The quantitative estimate of drug-likeness (QED) is 0.589. The summed E-state index contributed by atoms with van der Waals surface area (Å²) in [6.07, 6.45) is 1.34. The van der Waals surface area contributed by atoms with Crippen molar-refractivity contribution >= 4 is 0 Å². The van der Waals surface area contributed by atoms with Gasteiger partial charge in [-0.25, -0.2) is 0 Å². The van der Waals surface area contributed by atoms with Crippen molar-refractivity contribution in [3.05, 3.63) is 0 Å². The Balaban J connectivity index is 2.36. The minimum atomic E-state index is 0.687. The van der Waals surface area contributed by atoms with Crippen molar-refractivity contribution in [3.63, 3.8) is 0 Å². The van der Waals surface area contributed by atoms with Crippen molar-refractivity contribution in [1.82, 2.24) is 9.80 Å². The predicted molar refractivity (Wildman–Crippen MR) is 48.8 cm³/mol. The molecule has 11 heavy (non-hydrogen) atoms. The largest absolute Gasteiger partial charge is 0.305 e. The van der Waals surface area contributed by atoms with Gasteiger partial charge >= 0.3 is 0 Å². The molecule has 0 spiro atoms. The number of likely N-dealkylation sites (N-methyl/N-ethyl adjacent to an activating group) is 2. The van der Waals surface area contributed by atoms with E-state index in [9.17, 15) is 0 Å². The van der Waals surface area contributed by atoms with Gasteiger partial charge in [0.2, 0.25) is 0 Å². The van der Waals surface area contributed by atoms with Crippen LogP contribution in [0.2, 0.25) is 0 Å². The molecule has 0 saturated carbocycles. The molecule has 1 rings (SSSR count). The molecule has 1 saturated heterocycles. The molecule has 1 atom stereocenters. The van der Waals surface area contributed by atoms with E-state index in [1.54, 1.807) is 0 Å². The summed E-state index contributed by atoms with van der Waals surface area (Å²) in [5.74, 6) is 0. The van der Waals surface area contributed by atoms with Crippen LogP contribution in [0.15, 0.2) is 0 Å². The van der Waals surface area contributed by atoms with Gasteiger partial charge in [-0.15, -0.1) is 0 Å². The first-order valence-electron chi connectivity index (χ1n) is 4.51. The van der Waals surface area contributed by atoms with E-state index < -0.39 is 0 Å². The Morgan fingerprint density at radius 3 is 2.45 bits per heavy atom. The molecular formula is C9H20N2. The summed E-state index contributed by atoms with van der Waals surface area (Å²) in [4.78, 5) is 4.88. The van der Waals surface area contributed by atoms with Crippen LogP contribution < -0.4 is 0 Å². The van der Waals surface area contributed by atoms with Crippen LogP contribution >= 0.6 is 0 Å². The number of nitrogens with zero attached hydrogens (tertiary/aromatic N) is 2. The van der Waals surface area contributed by atoms with Crippen LogP contribution in [-0.4, -0.2) is 49.1 Å². The number of hydrogen-bond donors (Lipinski definition) is 0. The first kappa shape index (κ1) is 9.01. The second-order valence-corrected chi connectivity index (χ2v) is 3.96. The zero-order chi connectivity index (χ0) is 8.43. The van der Waals surface area contributed by atoms with Gasteiger partial charge in [-0.1, -0.05) is 0 Å². The van der Waals surface area contributed by atoms with Gasteiger partial charge in [-0.05, 0) is 40.9 Å². The fourth-order valence-corrected chi connectivity index (χ4v) is 1.67. The maximum Gasteiger partial charge on any atom is 0.0234 e. The van der Waals surface area contributed by atoms with E-state index in [1.807, 2.05) is 0 Å². The second kappa shape index (κ2) is 3.55. The predicted octanol–water partition coefficient (Wildman–Crippen LogP) is 1.03. The fraction of sp³-hybridized carbons (Fsp3) is 1.00. The van der Waals surface area contributed by atoms with E-state index in [1.165, 1.54) is 19.5 Å². The Kier molecular flexibility index (Phi) is 2.90. The first-order valence-corrected chi connectivity index (χ1v) is 4.51. The molecule has 1 aliphatic rings. The van der Waals surface area contributed by atoms with Crippen molar-refractivity contribution in [2.45, 2.75) is 32.4 Å². The summed E-state index contributed by atoms with van der Waals surface area (Å²) in [6.45, 7) is 7.03. The van der Waals surface area contributed by atoms with E-state index in [2.05, 4.69) is 37.7 Å². The Morgan fingerprint density at radius 1 is 1.45 bits per heavy atom. The Morgan fingerprint density at radius 2 is 2.09 bits per heavy atom. The van der Waals surface area contributed by atoms with E-state index >= 15 is 0 Å². The summed E-state index contributed by atoms with van der Waals surface area (Å²) in [5.41, 5.74) is 0. The van der Waals surface area contributed by atoms with Gasteiger partial charge in [0.25, 0.3) is 0 Å². The average molecular weight is 156 g/mol. The maximum atomic E-state index is 2.48. The van der Waals surface area contributed by atoms with E-state index in [4.69, 9.17) is 0 Å². The Labute approximate surface area is 70.2 Å². The average Bonchev–Trinajstić information content (AvgIpc) is 2.34. The van der Waals surface area contributed by atoms with Gasteiger partial charge in [-0.3, -0.25) is 4.90 Å². The third-order valence-electron chi connectivity index (χ3n) is 2.76. The molecular weight excluding hydrogens is 136 g/mol. The zero-order valence-electron chi connectivity index (χ0n) is 8.17. The highest BCUT2D eigenvalue weighted by Crippen LogP contribution is 2.14. The lowest BCUT2D eigenvalue weighted by atomic mass is 10.2. The summed E-state index contributed by atoms with van der Waals surface area (Å²) in [7, 11) is 4.43. The summed E-state index contributed by atoms with van der Waals surface area (Å²) in [6, 6.07) is 1.48. The van der Waals surface area contributed by atoms with Crippen LogP contribution in [0.25, 0.3) is 0 Å². The lowest BCUT2D eigenvalue weighted by molar-refractivity contribution is 0.197. The SMILES string of the molecule is CC(C)N(C)[C@@H]1CCN(C)C1. The van der Waals surface area contributed by atoms with Gasteiger partial charge in [0.15, 0.2) is 0 Å². The highest BCUT2D eigenvalue weighted by molar-refractivity contribution is 4.81. The molecule has 0 radical (unpaired) electrons. The van der Waals surface area contributed by atoms with Gasteiger partial charge in [0.1, 0.15) is 0 Å². The third-order valence-corrected chi connectivity index (χ3v) is 2.76. The first-order chi connectivity index (χ1) is 5.11. The highest BCUT2D eigenvalue weighted by Gasteiger charge is 2.24. The lowest BCUT2D eigenvalue weighted by Crippen LogP contribution is -2.38. The van der Waals surface area contributed by atoms with E-state index in [-0.39, 0.29) is 0 Å². The summed E-state index contributed by atoms with van der Waals surface area (Å²) < 4.78 is 0. The van der Waals surface area contributed by atoms with Crippen LogP contribution in [0.1, 0.15) is 20.3 Å². The third kappa shape index (κ3) is 2.17. The normalized spacial score (nSPS) is 27.3. The summed E-state index contributed by atoms with van der Waals surface area (Å²) >= 11 is 0. The standard InChI is InChI=1S/C9H20N2/c1-8(2)11(4)9-5-6-10(3)7-9/h8-9H,5-7H2,1-4H3/t9-/m1/s1. The Bertz CT molecular complexity index is 123. The summed E-state index contributed by atoms with van der Waals surface area (Å²) in [5, 5.41) is 0. The molecule has 2 heteroatoms. The molecule has 0 N–H and O–H groups in total. The molecule has 0 aromatic carbocycles. The monoisotopic (exact) mass is 156 g/mol. The maximum absolute atomic E-state index is 2.48. The topological polar surface area (TPSA) is 6.48 Å². The molecule has 1 aliphatic heterocycles. The highest BCUT2D eigenvalue weighted by atomic mass is 15.2. The number of likely N-dealkylation sites (tertiary alicyclic amines) is 1. The van der Waals surface area contributed by atoms with Gasteiger partial charge in [0.05, 0.1) is 0 Å². The van der Waals surface area contributed by atoms with Crippen molar-refractivity contribution < 1.29 is 0 Å². The molecule has 0 unspecified atom stereocenters. The van der Waals surface area contributed by atoms with Gasteiger partial charge in [-0.2, -0.15) is 0 Å². The van der Waals surface area contributed by atoms with Crippen molar-refractivity contribution in [1.29, 1.82) is 0 Å². The van der Waals surface area contributed by atoms with Crippen molar-refractivity contribution in [2.24, 2.45) is 0 Å². The zero-order valence-corrected chi connectivity index (χ0v) is 8.17. The lowest BCUT2D eigenvalue weighted by Gasteiger charge is -2.27. The molecule has 66 valence electrons. The fourth-order valence-electron chi connectivity index (χ4n) is 1.67. The minimum Gasteiger partial charge on any atom is -0.305 e. The number of rotatable bonds is 2. The van der Waals surface area contributed by atoms with Gasteiger partial charge in [0, 0.05) is 18.6 Å². The van der Waals surface area contributed by atoms with Crippen LogP contribution in [0, 0.1) is 0 Å². The van der Waals surface area contributed by atoms with Crippen molar-refractivity contribution in [3.8, 4) is 0 Å². The van der Waals surface area contributed by atoms with Crippen LogP contribution in [0.5, 0.6) is 0 Å². The second-order valence-electron chi connectivity index (χ2n) is 3.96. The Hall–Kier alpha value is -0.0800. The molecule has 0 bridgehead atoms. The van der Waals surface area contributed by atoms with Gasteiger partial charge < -0.3 is 4.90 Å². The molecule has 0 aromatic heterocycles. The molecule has 1 fully saturated rings. The smallest absolute Gasteiger partial charge is 0.0234 e. The van der Waals surface area contributed by atoms with E-state index in [0.29, 0.717) is 6.04 Å². The molecule has 0 aromatic rings.